The topological polar surface area (TPSA) is 74.7 Å². The van der Waals surface area contributed by atoms with Crippen LogP contribution in [0, 0.1) is 5.41 Å². The lowest BCUT2D eigenvalue weighted by molar-refractivity contribution is -0.151. The van der Waals surface area contributed by atoms with Gasteiger partial charge in [-0.15, -0.1) is 0 Å². The third-order valence-corrected chi connectivity index (χ3v) is 6.81. The van der Waals surface area contributed by atoms with Crippen LogP contribution in [0.2, 0.25) is 0 Å². The summed E-state index contributed by atoms with van der Waals surface area (Å²) in [5, 5.41) is 9.79. The van der Waals surface area contributed by atoms with E-state index in [0.29, 0.717) is 19.3 Å². The predicted octanol–water partition coefficient (Wildman–Crippen LogP) is 2.78. The number of hydrogen-bond donors (Lipinski definition) is 1. The van der Waals surface area contributed by atoms with Gasteiger partial charge in [-0.2, -0.15) is 4.31 Å². The average molecular weight is 359 g/mol. The number of benzene rings is 2. The van der Waals surface area contributed by atoms with Crippen molar-refractivity contribution in [3.63, 3.8) is 0 Å². The number of rotatable bonds is 5. The Labute approximate surface area is 148 Å². The van der Waals surface area contributed by atoms with E-state index in [4.69, 9.17) is 0 Å². The number of carboxylic acid groups (broad SMARTS) is 1. The van der Waals surface area contributed by atoms with Gasteiger partial charge in [-0.3, -0.25) is 4.79 Å². The van der Waals surface area contributed by atoms with E-state index >= 15 is 0 Å². The highest BCUT2D eigenvalue weighted by Crippen LogP contribution is 2.37. The van der Waals surface area contributed by atoms with Crippen molar-refractivity contribution >= 4 is 16.0 Å². The van der Waals surface area contributed by atoms with Gasteiger partial charge in [0.1, 0.15) is 0 Å². The molecule has 0 unspecified atom stereocenters. The zero-order valence-electron chi connectivity index (χ0n) is 13.8. The summed E-state index contributed by atoms with van der Waals surface area (Å²) < 4.78 is 26.8. The maximum absolute atomic E-state index is 12.7. The second-order valence-electron chi connectivity index (χ2n) is 6.46. The predicted molar refractivity (Wildman–Crippen MR) is 94.6 cm³/mol. The minimum absolute atomic E-state index is 0.219. The number of carboxylic acids is 1. The van der Waals surface area contributed by atoms with Crippen molar-refractivity contribution in [2.75, 3.05) is 13.1 Å². The van der Waals surface area contributed by atoms with Gasteiger partial charge in [-0.1, -0.05) is 48.5 Å². The molecule has 3 rings (SSSR count). The molecule has 0 bridgehead atoms. The maximum atomic E-state index is 12.7. The van der Waals surface area contributed by atoms with E-state index in [9.17, 15) is 18.3 Å². The lowest BCUT2D eigenvalue weighted by Gasteiger charge is -2.38. The molecule has 1 N–H and O–H groups in total. The summed E-state index contributed by atoms with van der Waals surface area (Å²) in [6.45, 7) is 0.437. The molecule has 1 aliphatic rings. The van der Waals surface area contributed by atoms with Crippen LogP contribution in [-0.4, -0.2) is 36.9 Å². The van der Waals surface area contributed by atoms with E-state index in [0.717, 1.165) is 5.56 Å². The second-order valence-corrected chi connectivity index (χ2v) is 8.40. The van der Waals surface area contributed by atoms with Crippen molar-refractivity contribution in [3.8, 4) is 0 Å². The third-order valence-electron chi connectivity index (χ3n) is 4.90. The molecule has 1 heterocycles. The molecule has 5 nitrogen and oxygen atoms in total. The van der Waals surface area contributed by atoms with Crippen LogP contribution in [0.15, 0.2) is 65.6 Å². The molecule has 6 heteroatoms. The van der Waals surface area contributed by atoms with Crippen LogP contribution in [0.3, 0.4) is 0 Å². The Balaban J connectivity index is 1.78. The van der Waals surface area contributed by atoms with Gasteiger partial charge in [-0.25, -0.2) is 8.42 Å². The minimum atomic E-state index is -3.57. The third kappa shape index (κ3) is 3.60. The summed E-state index contributed by atoms with van der Waals surface area (Å²) in [5.74, 6) is -0.854. The smallest absolute Gasteiger partial charge is 0.310 e. The van der Waals surface area contributed by atoms with E-state index in [2.05, 4.69) is 0 Å². The molecule has 25 heavy (non-hydrogen) atoms. The van der Waals surface area contributed by atoms with Gasteiger partial charge in [0.05, 0.1) is 10.3 Å². The van der Waals surface area contributed by atoms with Gasteiger partial charge in [0.15, 0.2) is 0 Å². The first-order valence-electron chi connectivity index (χ1n) is 8.27. The number of sulfonamides is 1. The molecule has 2 aromatic rings. The number of nitrogens with zero attached hydrogens (tertiary/aromatic N) is 1. The SMILES string of the molecule is O=C(O)C1(Cc2ccccc2)CCN(S(=O)(=O)c2ccccc2)CC1. The monoisotopic (exact) mass is 359 g/mol. The van der Waals surface area contributed by atoms with Crippen molar-refractivity contribution in [2.24, 2.45) is 5.41 Å². The van der Waals surface area contributed by atoms with Gasteiger partial charge < -0.3 is 5.11 Å². The lowest BCUT2D eigenvalue weighted by Crippen LogP contribution is -2.47. The molecule has 2 aromatic carbocycles. The van der Waals surface area contributed by atoms with Crippen molar-refractivity contribution in [1.29, 1.82) is 0 Å². The molecular formula is C19H21NO4S. The van der Waals surface area contributed by atoms with Crippen LogP contribution in [-0.2, 0) is 21.2 Å². The number of piperidine rings is 1. The Kier molecular flexibility index (Phi) is 4.92. The van der Waals surface area contributed by atoms with Gasteiger partial charge in [0.2, 0.25) is 10.0 Å². The number of carbonyl (C=O) groups is 1. The number of hydrogen-bond acceptors (Lipinski definition) is 3. The van der Waals surface area contributed by atoms with Gasteiger partial charge in [0.25, 0.3) is 0 Å². The Morgan fingerprint density at radius 1 is 0.960 bits per heavy atom. The van der Waals surface area contributed by atoms with Gasteiger partial charge in [-0.05, 0) is 37.0 Å². The summed E-state index contributed by atoms with van der Waals surface area (Å²) in [4.78, 5) is 12.2. The summed E-state index contributed by atoms with van der Waals surface area (Å²) in [6.07, 6.45) is 1.04. The molecule has 0 radical (unpaired) electrons. The van der Waals surface area contributed by atoms with Crippen molar-refractivity contribution in [1.82, 2.24) is 4.31 Å². The Morgan fingerprint density at radius 2 is 1.48 bits per heavy atom. The number of aliphatic carboxylic acids is 1. The molecule has 0 aromatic heterocycles. The van der Waals surface area contributed by atoms with Crippen LogP contribution in [0.4, 0.5) is 0 Å². The summed E-state index contributed by atoms with van der Waals surface area (Å²) in [5.41, 5.74) is 0.0496. The van der Waals surface area contributed by atoms with E-state index in [-0.39, 0.29) is 18.0 Å². The van der Waals surface area contributed by atoms with E-state index in [1.54, 1.807) is 30.3 Å². The normalized spacial score (nSPS) is 17.9. The molecule has 132 valence electrons. The first kappa shape index (κ1) is 17.6. The molecule has 1 fully saturated rings. The van der Waals surface area contributed by atoms with Crippen LogP contribution in [0.25, 0.3) is 0 Å². The van der Waals surface area contributed by atoms with Crippen LogP contribution < -0.4 is 0 Å². The zero-order valence-corrected chi connectivity index (χ0v) is 14.7. The van der Waals surface area contributed by atoms with E-state index in [1.807, 2.05) is 30.3 Å². The second kappa shape index (κ2) is 6.98. The molecule has 0 aliphatic carbocycles. The summed E-state index contributed by atoms with van der Waals surface area (Å²) >= 11 is 0. The summed E-state index contributed by atoms with van der Waals surface area (Å²) in [7, 11) is -3.57. The average Bonchev–Trinajstić information content (AvgIpc) is 2.63. The molecule has 1 aliphatic heterocycles. The standard InChI is InChI=1S/C19H21NO4S/c21-18(22)19(15-16-7-3-1-4-8-16)11-13-20(14-12-19)25(23,24)17-9-5-2-6-10-17/h1-10H,11-15H2,(H,21,22). The van der Waals surface area contributed by atoms with Crippen LogP contribution in [0.5, 0.6) is 0 Å². The maximum Gasteiger partial charge on any atom is 0.310 e. The molecule has 0 amide bonds. The van der Waals surface area contributed by atoms with Crippen LogP contribution >= 0.6 is 0 Å². The lowest BCUT2D eigenvalue weighted by atomic mass is 9.74. The van der Waals surface area contributed by atoms with E-state index < -0.39 is 21.4 Å². The fourth-order valence-electron chi connectivity index (χ4n) is 3.35. The quantitative estimate of drug-likeness (QED) is 0.891. The van der Waals surface area contributed by atoms with Crippen molar-refractivity contribution in [3.05, 3.63) is 66.2 Å². The highest BCUT2D eigenvalue weighted by atomic mass is 32.2. The fourth-order valence-corrected chi connectivity index (χ4v) is 4.81. The highest BCUT2D eigenvalue weighted by molar-refractivity contribution is 7.89. The molecule has 0 saturated carbocycles. The van der Waals surface area contributed by atoms with Crippen LogP contribution in [0.1, 0.15) is 18.4 Å². The van der Waals surface area contributed by atoms with Gasteiger partial charge >= 0.3 is 5.97 Å². The molecule has 1 saturated heterocycles. The van der Waals surface area contributed by atoms with Gasteiger partial charge in [0, 0.05) is 13.1 Å². The Morgan fingerprint density at radius 3 is 2.00 bits per heavy atom. The highest BCUT2D eigenvalue weighted by Gasteiger charge is 2.44. The molecule has 0 spiro atoms. The molecule has 0 atom stereocenters. The largest absolute Gasteiger partial charge is 0.481 e. The summed E-state index contributed by atoms with van der Waals surface area (Å²) in [6, 6.07) is 17.8. The fraction of sp³-hybridized carbons (Fsp3) is 0.316. The van der Waals surface area contributed by atoms with Crippen molar-refractivity contribution < 1.29 is 18.3 Å². The molecular weight excluding hydrogens is 338 g/mol. The minimum Gasteiger partial charge on any atom is -0.481 e. The first-order valence-corrected chi connectivity index (χ1v) is 9.71. The zero-order chi connectivity index (χ0) is 17.9. The Hall–Kier alpha value is -2.18. The first-order chi connectivity index (χ1) is 11.9. The van der Waals surface area contributed by atoms with Crippen molar-refractivity contribution in [2.45, 2.75) is 24.2 Å². The van der Waals surface area contributed by atoms with E-state index in [1.165, 1.54) is 4.31 Å². The Bertz CT molecular complexity index is 826.